The van der Waals surface area contributed by atoms with Gasteiger partial charge in [0.2, 0.25) is 0 Å². The van der Waals surface area contributed by atoms with Crippen LogP contribution in [0.1, 0.15) is 10.4 Å². The molecule has 7 heteroatoms. The SMILES string of the molecule is Cn1c(SCC(=O)c2ccccc2)nnc1-c1sc2ccccc2c1Cl. The van der Waals surface area contributed by atoms with Crippen molar-refractivity contribution in [2.24, 2.45) is 7.05 Å². The van der Waals surface area contributed by atoms with Crippen molar-refractivity contribution in [3.8, 4) is 10.7 Å². The van der Waals surface area contributed by atoms with E-state index in [1.807, 2.05) is 66.2 Å². The Kier molecular flexibility index (Phi) is 4.80. The molecule has 2 aromatic heterocycles. The largest absolute Gasteiger partial charge is 0.304 e. The molecule has 0 N–H and O–H groups in total. The van der Waals surface area contributed by atoms with Crippen LogP contribution in [-0.2, 0) is 7.05 Å². The summed E-state index contributed by atoms with van der Waals surface area (Å²) in [6.45, 7) is 0. The van der Waals surface area contributed by atoms with Gasteiger partial charge in [-0.15, -0.1) is 21.5 Å². The highest BCUT2D eigenvalue weighted by Crippen LogP contribution is 2.41. The van der Waals surface area contributed by atoms with Crippen LogP contribution >= 0.6 is 34.7 Å². The Morgan fingerprint density at radius 1 is 1.12 bits per heavy atom. The topological polar surface area (TPSA) is 47.8 Å². The summed E-state index contributed by atoms with van der Waals surface area (Å²) >= 11 is 9.52. The Morgan fingerprint density at radius 2 is 1.85 bits per heavy atom. The van der Waals surface area contributed by atoms with Crippen LogP contribution in [0.2, 0.25) is 5.02 Å². The van der Waals surface area contributed by atoms with Crippen molar-refractivity contribution in [3.05, 3.63) is 65.2 Å². The zero-order valence-electron chi connectivity index (χ0n) is 13.8. The number of nitrogens with zero attached hydrogens (tertiary/aromatic N) is 3. The quantitative estimate of drug-likeness (QED) is 0.336. The number of aromatic nitrogens is 3. The van der Waals surface area contributed by atoms with Gasteiger partial charge in [0.05, 0.1) is 15.7 Å². The lowest BCUT2D eigenvalue weighted by atomic mass is 10.2. The summed E-state index contributed by atoms with van der Waals surface area (Å²) in [5, 5.41) is 10.9. The molecule has 0 fully saturated rings. The molecule has 0 atom stereocenters. The summed E-state index contributed by atoms with van der Waals surface area (Å²) in [4.78, 5) is 13.2. The second-order valence-electron chi connectivity index (χ2n) is 5.68. The lowest BCUT2D eigenvalue weighted by Gasteiger charge is -2.03. The van der Waals surface area contributed by atoms with E-state index in [0.717, 1.165) is 15.0 Å². The second kappa shape index (κ2) is 7.23. The summed E-state index contributed by atoms with van der Waals surface area (Å²) in [5.74, 6) is 1.10. The predicted octanol–water partition coefficient (Wildman–Crippen LogP) is 5.33. The van der Waals surface area contributed by atoms with E-state index in [2.05, 4.69) is 10.2 Å². The number of carbonyl (C=O) groups is 1. The van der Waals surface area contributed by atoms with Gasteiger partial charge in [-0.1, -0.05) is 71.9 Å². The first kappa shape index (κ1) is 17.3. The summed E-state index contributed by atoms with van der Waals surface area (Å²) in [7, 11) is 1.89. The number of ketones is 1. The van der Waals surface area contributed by atoms with Crippen molar-refractivity contribution in [3.63, 3.8) is 0 Å². The number of rotatable bonds is 5. The fraction of sp³-hybridized carbons (Fsp3) is 0.105. The molecule has 130 valence electrons. The van der Waals surface area contributed by atoms with E-state index < -0.39 is 0 Å². The number of halogens is 1. The van der Waals surface area contributed by atoms with Crippen molar-refractivity contribution >= 4 is 50.6 Å². The Morgan fingerprint density at radius 3 is 2.62 bits per heavy atom. The second-order valence-corrected chi connectivity index (χ2v) is 8.06. The van der Waals surface area contributed by atoms with Crippen LogP contribution in [0.15, 0.2) is 59.8 Å². The van der Waals surface area contributed by atoms with Gasteiger partial charge in [0.25, 0.3) is 0 Å². The van der Waals surface area contributed by atoms with Gasteiger partial charge in [-0.3, -0.25) is 4.79 Å². The van der Waals surface area contributed by atoms with E-state index in [0.29, 0.717) is 27.3 Å². The van der Waals surface area contributed by atoms with E-state index in [1.165, 1.54) is 11.8 Å². The lowest BCUT2D eigenvalue weighted by molar-refractivity contribution is 0.102. The maximum Gasteiger partial charge on any atom is 0.191 e. The van der Waals surface area contributed by atoms with E-state index in [1.54, 1.807) is 11.3 Å². The van der Waals surface area contributed by atoms with Crippen LogP contribution in [0.3, 0.4) is 0 Å². The number of fused-ring (bicyclic) bond motifs is 1. The van der Waals surface area contributed by atoms with Gasteiger partial charge < -0.3 is 4.57 Å². The Labute approximate surface area is 163 Å². The van der Waals surface area contributed by atoms with E-state index in [9.17, 15) is 4.79 Å². The fourth-order valence-electron chi connectivity index (χ4n) is 2.63. The van der Waals surface area contributed by atoms with Gasteiger partial charge >= 0.3 is 0 Å². The van der Waals surface area contributed by atoms with Crippen molar-refractivity contribution in [2.45, 2.75) is 5.16 Å². The van der Waals surface area contributed by atoms with Crippen LogP contribution < -0.4 is 0 Å². The molecule has 2 heterocycles. The minimum absolute atomic E-state index is 0.0695. The number of hydrogen-bond donors (Lipinski definition) is 0. The number of thiophene rings is 1. The molecule has 0 saturated carbocycles. The monoisotopic (exact) mass is 399 g/mol. The smallest absolute Gasteiger partial charge is 0.191 e. The van der Waals surface area contributed by atoms with Crippen molar-refractivity contribution in [1.29, 1.82) is 0 Å². The van der Waals surface area contributed by atoms with Gasteiger partial charge in [0, 0.05) is 22.7 Å². The third-order valence-corrected chi connectivity index (χ3v) is 6.69. The highest BCUT2D eigenvalue weighted by molar-refractivity contribution is 7.99. The zero-order valence-corrected chi connectivity index (χ0v) is 16.2. The minimum atomic E-state index is 0.0695. The maximum atomic E-state index is 12.3. The molecule has 2 aromatic carbocycles. The van der Waals surface area contributed by atoms with E-state index >= 15 is 0 Å². The molecule has 0 amide bonds. The molecule has 0 aliphatic heterocycles. The zero-order chi connectivity index (χ0) is 18.1. The first-order valence-electron chi connectivity index (χ1n) is 7.93. The summed E-state index contributed by atoms with van der Waals surface area (Å²) < 4.78 is 3.00. The van der Waals surface area contributed by atoms with Crippen LogP contribution in [0.5, 0.6) is 0 Å². The lowest BCUT2D eigenvalue weighted by Crippen LogP contribution is -2.03. The van der Waals surface area contributed by atoms with Crippen LogP contribution in [-0.4, -0.2) is 26.3 Å². The molecule has 4 rings (SSSR count). The van der Waals surface area contributed by atoms with Crippen molar-refractivity contribution in [1.82, 2.24) is 14.8 Å². The highest BCUT2D eigenvalue weighted by Gasteiger charge is 2.19. The molecule has 0 aliphatic rings. The van der Waals surface area contributed by atoms with Crippen molar-refractivity contribution in [2.75, 3.05) is 5.75 Å². The molecule has 0 aliphatic carbocycles. The summed E-state index contributed by atoms with van der Waals surface area (Å²) in [5.41, 5.74) is 0.704. The Balaban J connectivity index is 1.58. The third kappa shape index (κ3) is 3.16. The van der Waals surface area contributed by atoms with Crippen LogP contribution in [0.4, 0.5) is 0 Å². The van der Waals surface area contributed by atoms with Gasteiger partial charge in [0.1, 0.15) is 0 Å². The van der Waals surface area contributed by atoms with Crippen LogP contribution in [0.25, 0.3) is 20.8 Å². The van der Waals surface area contributed by atoms with Gasteiger partial charge in [-0.25, -0.2) is 0 Å². The molecular weight excluding hydrogens is 386 g/mol. The van der Waals surface area contributed by atoms with E-state index in [4.69, 9.17) is 11.6 Å². The summed E-state index contributed by atoms with van der Waals surface area (Å²) in [6, 6.07) is 17.3. The summed E-state index contributed by atoms with van der Waals surface area (Å²) in [6.07, 6.45) is 0. The molecule has 0 radical (unpaired) electrons. The molecule has 0 unspecified atom stereocenters. The van der Waals surface area contributed by atoms with Crippen molar-refractivity contribution < 1.29 is 4.79 Å². The molecule has 0 saturated heterocycles. The molecular formula is C19H14ClN3OS2. The minimum Gasteiger partial charge on any atom is -0.304 e. The number of carbonyl (C=O) groups excluding carboxylic acids is 1. The number of benzene rings is 2. The number of thioether (sulfide) groups is 1. The standard InChI is InChI=1S/C19H14ClN3OS2/c1-23-18(17-16(20)13-9-5-6-10-15(13)26-17)21-22-19(23)25-11-14(24)12-7-3-2-4-8-12/h2-10H,11H2,1H3. The molecule has 26 heavy (non-hydrogen) atoms. The van der Waals surface area contributed by atoms with E-state index in [-0.39, 0.29) is 5.78 Å². The Hall–Kier alpha value is -2.15. The molecule has 0 spiro atoms. The fourth-order valence-corrected chi connectivity index (χ4v) is 4.98. The molecule has 4 nitrogen and oxygen atoms in total. The highest BCUT2D eigenvalue weighted by atomic mass is 35.5. The average Bonchev–Trinajstić information content (AvgIpc) is 3.20. The predicted molar refractivity (Wildman–Crippen MR) is 108 cm³/mol. The first-order chi connectivity index (χ1) is 12.6. The molecule has 4 aromatic rings. The number of Topliss-reactive ketones (excluding diaryl/α,β-unsaturated/α-hetero) is 1. The third-order valence-electron chi connectivity index (χ3n) is 4.00. The van der Waals surface area contributed by atoms with Gasteiger partial charge in [-0.2, -0.15) is 0 Å². The average molecular weight is 400 g/mol. The van der Waals surface area contributed by atoms with Gasteiger partial charge in [0.15, 0.2) is 16.8 Å². The normalized spacial score (nSPS) is 11.2. The first-order valence-corrected chi connectivity index (χ1v) is 10.1. The van der Waals surface area contributed by atoms with Crippen LogP contribution in [0, 0.1) is 0 Å². The maximum absolute atomic E-state index is 12.3. The Bertz CT molecular complexity index is 1090. The van der Waals surface area contributed by atoms with Gasteiger partial charge in [-0.05, 0) is 6.07 Å². The molecule has 0 bridgehead atoms. The number of hydrogen-bond acceptors (Lipinski definition) is 5.